The van der Waals surface area contributed by atoms with Crippen LogP contribution < -0.4 is 47.9 Å². The van der Waals surface area contributed by atoms with Crippen molar-refractivity contribution in [3.63, 3.8) is 0 Å². The first-order chi connectivity index (χ1) is 31.2. The number of rotatable bonds is 17. The molecule has 10 N–H and O–H groups in total. The Hall–Kier alpha value is -6.87. The van der Waals surface area contributed by atoms with E-state index < -0.39 is 53.7 Å². The number of likely N-dealkylation sites (N-methyl/N-ethyl adjacent to an activating group) is 1. The molecule has 0 aliphatic carbocycles. The fourth-order valence-electron chi connectivity index (χ4n) is 7.60. The summed E-state index contributed by atoms with van der Waals surface area (Å²) in [5, 5.41) is 19.9. The minimum absolute atomic E-state index is 0.00667. The average molecular weight is 889 g/mol. The lowest BCUT2D eigenvalue weighted by atomic mass is 9.93. The highest BCUT2D eigenvalue weighted by molar-refractivity contribution is 6.00. The molecule has 0 spiro atoms. The molecule has 0 saturated heterocycles. The largest absolute Gasteiger partial charge is 0.492 e. The maximum atomic E-state index is 14.6. The number of aryl methyl sites for hydroxylation is 1. The molecule has 344 valence electrons. The predicted octanol–water partition coefficient (Wildman–Crippen LogP) is 2.43. The molecule has 4 atom stereocenters. The topological polar surface area (TPSA) is 270 Å². The Morgan fingerprint density at radius 3 is 2.18 bits per heavy atom. The summed E-state index contributed by atoms with van der Waals surface area (Å²) in [6, 6.07) is 17.1. The molecule has 0 fully saturated rings. The number of aromatic nitrogens is 1. The van der Waals surface area contributed by atoms with Gasteiger partial charge in [0.2, 0.25) is 23.6 Å². The van der Waals surface area contributed by atoms with E-state index >= 15 is 0 Å². The maximum Gasteiger partial charge on any atom is 0.253 e. The summed E-state index contributed by atoms with van der Waals surface area (Å²) in [7, 11) is 1.43. The van der Waals surface area contributed by atoms with Gasteiger partial charge in [0.05, 0.1) is 17.3 Å². The van der Waals surface area contributed by atoms with Gasteiger partial charge in [0.15, 0.2) is 0 Å². The van der Waals surface area contributed by atoms with Gasteiger partial charge in [-0.15, -0.1) is 0 Å². The Labute approximate surface area is 379 Å². The van der Waals surface area contributed by atoms with Crippen LogP contribution in [0.25, 0.3) is 22.4 Å². The zero-order valence-corrected chi connectivity index (χ0v) is 37.6. The molecule has 4 aromatic rings. The van der Waals surface area contributed by atoms with E-state index in [2.05, 4.69) is 52.2 Å². The average Bonchev–Trinajstić information content (AvgIpc) is 3.28. The van der Waals surface area contributed by atoms with E-state index in [4.69, 9.17) is 31.9 Å². The number of nitrogens with zero attached hydrogens (tertiary/aromatic N) is 3. The Bertz CT molecular complexity index is 2380. The number of hydrogen-bond donors (Lipinski definition) is 7. The van der Waals surface area contributed by atoms with Crippen molar-refractivity contribution in [2.45, 2.75) is 71.1 Å². The monoisotopic (exact) mass is 888 g/mol. The van der Waals surface area contributed by atoms with Crippen LogP contribution in [0.4, 0.5) is 0 Å². The van der Waals surface area contributed by atoms with Crippen LogP contribution in [0.2, 0.25) is 0 Å². The number of amides is 5. The number of pyridine rings is 1. The lowest BCUT2D eigenvalue weighted by Gasteiger charge is -2.32. The molecule has 3 aromatic carbocycles. The summed E-state index contributed by atoms with van der Waals surface area (Å²) < 4.78 is 12.2. The Morgan fingerprint density at radius 2 is 1.57 bits per heavy atom. The van der Waals surface area contributed by atoms with Crippen LogP contribution in [0.5, 0.6) is 11.5 Å². The summed E-state index contributed by atoms with van der Waals surface area (Å²) in [5.74, 6) is -1.95. The second kappa shape index (κ2) is 23.2. The van der Waals surface area contributed by atoms with Gasteiger partial charge >= 0.3 is 0 Å². The van der Waals surface area contributed by atoms with Crippen LogP contribution in [0.3, 0.4) is 0 Å². The van der Waals surface area contributed by atoms with Gasteiger partial charge in [-0.2, -0.15) is 5.26 Å². The second-order valence-electron chi connectivity index (χ2n) is 16.4. The van der Waals surface area contributed by atoms with Crippen molar-refractivity contribution in [3.8, 4) is 40.0 Å². The molecule has 5 amide bonds. The van der Waals surface area contributed by atoms with Crippen molar-refractivity contribution in [3.05, 3.63) is 101 Å². The van der Waals surface area contributed by atoms with E-state index in [0.717, 1.165) is 12.0 Å². The first-order valence-corrected chi connectivity index (χ1v) is 21.7. The zero-order chi connectivity index (χ0) is 47.2. The lowest BCUT2D eigenvalue weighted by Crippen LogP contribution is -2.56. The number of nitriles is 1. The molecule has 17 nitrogen and oxygen atoms in total. The van der Waals surface area contributed by atoms with Crippen LogP contribution in [0, 0.1) is 24.2 Å². The van der Waals surface area contributed by atoms with E-state index in [0.29, 0.717) is 50.9 Å². The number of fused-ring (bicyclic) bond motifs is 5. The summed E-state index contributed by atoms with van der Waals surface area (Å²) in [6.45, 7) is 7.97. The number of carbonyl (C=O) groups is 5. The molecule has 1 aliphatic rings. The van der Waals surface area contributed by atoms with Gasteiger partial charge < -0.3 is 52.8 Å². The summed E-state index contributed by atoms with van der Waals surface area (Å²) in [4.78, 5) is 76.0. The van der Waals surface area contributed by atoms with Crippen molar-refractivity contribution in [1.82, 2.24) is 31.2 Å². The van der Waals surface area contributed by atoms with E-state index in [1.54, 1.807) is 43.3 Å². The van der Waals surface area contributed by atoms with Crippen LogP contribution in [0.15, 0.2) is 72.9 Å². The molecular weight excluding hydrogens is 829 g/mol. The number of nitrogens with two attached hydrogens (primary N) is 3. The summed E-state index contributed by atoms with van der Waals surface area (Å²) >= 11 is 0. The minimum atomic E-state index is -1.39. The van der Waals surface area contributed by atoms with Crippen molar-refractivity contribution < 1.29 is 33.4 Å². The number of ether oxygens (including phenoxy) is 2. The molecule has 1 aliphatic heterocycles. The van der Waals surface area contributed by atoms with Gasteiger partial charge in [0.25, 0.3) is 5.91 Å². The highest BCUT2D eigenvalue weighted by atomic mass is 16.5. The van der Waals surface area contributed by atoms with Gasteiger partial charge in [0.1, 0.15) is 55.4 Å². The van der Waals surface area contributed by atoms with E-state index in [1.807, 2.05) is 24.3 Å². The number of nitrogens with one attached hydrogen (secondary N) is 4. The lowest BCUT2D eigenvalue weighted by molar-refractivity contribution is -0.141. The van der Waals surface area contributed by atoms with E-state index in [9.17, 15) is 24.0 Å². The number of hydrogen-bond acceptors (Lipinski definition) is 12. The highest BCUT2D eigenvalue weighted by Crippen LogP contribution is 2.40. The van der Waals surface area contributed by atoms with E-state index in [-0.39, 0.29) is 57.8 Å². The number of benzene rings is 3. The smallest absolute Gasteiger partial charge is 0.253 e. The highest BCUT2D eigenvalue weighted by Gasteiger charge is 2.36. The number of carbonyl (C=O) groups excluding carboxylic acids is 5. The normalized spacial score (nSPS) is 16.5. The quantitative estimate of drug-likeness (QED) is 0.0754. The molecule has 0 unspecified atom stereocenters. The van der Waals surface area contributed by atoms with Gasteiger partial charge in [-0.25, -0.2) is 0 Å². The molecular formula is C48H60N10O7. The molecule has 2 heterocycles. The van der Waals surface area contributed by atoms with Crippen LogP contribution >= 0.6 is 0 Å². The van der Waals surface area contributed by atoms with Gasteiger partial charge in [0, 0.05) is 49.4 Å². The standard InChI is InChI=1S/C48H60N10O7/c1-28(2)22-31-6-9-33(10-7-31)39-23-29(3)37(27-54-39)45(60)56-38(14-15-49)48(63)58(5)43-34-11-13-42(65-21-18-52)36(26-34)35-24-32(8-12-41(35)64-20-17-51)25-40(46(61)53-19-16-50)57-44(59)30(4)55-47(43)62/h6-13,23-24,26-28,30,38,40,43H,14-15,17-22,25,49,51-52H2,1-5H3,(H,53,61)(H,55,62)(H,56,60)(H,57,59)/t30-,38-,40-,43-/m0/s1. The van der Waals surface area contributed by atoms with E-state index in [1.165, 1.54) is 30.6 Å². The van der Waals surface area contributed by atoms with Gasteiger partial charge in [-0.05, 0) is 91.7 Å². The fraction of sp³-hybridized carbons (Fsp3) is 0.396. The maximum absolute atomic E-state index is 14.6. The van der Waals surface area contributed by atoms with Crippen LogP contribution in [-0.4, -0.2) is 104 Å². The minimum Gasteiger partial charge on any atom is -0.492 e. The molecule has 17 heteroatoms. The first kappa shape index (κ1) is 49.2. The van der Waals surface area contributed by atoms with Gasteiger partial charge in [-0.1, -0.05) is 50.2 Å². The zero-order valence-electron chi connectivity index (χ0n) is 37.6. The van der Waals surface area contributed by atoms with Crippen molar-refractivity contribution >= 4 is 29.5 Å². The van der Waals surface area contributed by atoms with Crippen LogP contribution in [-0.2, 0) is 32.0 Å². The Morgan fingerprint density at radius 1 is 0.908 bits per heavy atom. The van der Waals surface area contributed by atoms with Crippen molar-refractivity contribution in [2.24, 2.45) is 23.1 Å². The van der Waals surface area contributed by atoms with Crippen LogP contribution in [0.1, 0.15) is 65.8 Å². The third-order valence-electron chi connectivity index (χ3n) is 10.9. The third-order valence-corrected chi connectivity index (χ3v) is 10.9. The molecule has 0 radical (unpaired) electrons. The SMILES string of the molecule is Cc1cc(-c2ccc(CC(C)C)cc2)ncc1C(=O)N[C@@H](CCN)C(=O)N(C)[C@@H]1C(=O)N[C@@H](C)C(=O)N[C@H](C(=O)NCC#N)Cc2ccc(OCCN)c(c2)-c2cc1ccc2OCCN. The van der Waals surface area contributed by atoms with Crippen molar-refractivity contribution in [1.29, 1.82) is 5.26 Å². The van der Waals surface area contributed by atoms with Crippen molar-refractivity contribution in [2.75, 3.05) is 46.4 Å². The molecule has 0 saturated carbocycles. The fourth-order valence-corrected chi connectivity index (χ4v) is 7.60. The first-order valence-electron chi connectivity index (χ1n) is 21.7. The molecule has 65 heavy (non-hydrogen) atoms. The Kier molecular flexibility index (Phi) is 17.5. The third kappa shape index (κ3) is 12.7. The molecule has 5 rings (SSSR count). The second-order valence-corrected chi connectivity index (χ2v) is 16.4. The predicted molar refractivity (Wildman–Crippen MR) is 246 cm³/mol. The summed E-state index contributed by atoms with van der Waals surface area (Å²) in [5.41, 5.74) is 23.3. The Balaban J connectivity index is 1.55. The molecule has 4 bridgehead atoms. The van der Waals surface area contributed by atoms with Gasteiger partial charge in [-0.3, -0.25) is 29.0 Å². The molecule has 1 aromatic heterocycles. The summed E-state index contributed by atoms with van der Waals surface area (Å²) in [6.07, 6.45) is 2.46.